The summed E-state index contributed by atoms with van der Waals surface area (Å²) < 4.78 is 5.72. The van der Waals surface area contributed by atoms with Crippen molar-refractivity contribution in [1.29, 1.82) is 0 Å². The highest BCUT2D eigenvalue weighted by atomic mass is 35.5. The van der Waals surface area contributed by atoms with Gasteiger partial charge in [-0.05, 0) is 50.9 Å². The van der Waals surface area contributed by atoms with Gasteiger partial charge in [-0.15, -0.1) is 0 Å². The zero-order valence-corrected chi connectivity index (χ0v) is 12.3. The molecule has 2 N–H and O–H groups in total. The predicted molar refractivity (Wildman–Crippen MR) is 79.8 cm³/mol. The molecule has 0 heterocycles. The van der Waals surface area contributed by atoms with Gasteiger partial charge in [-0.1, -0.05) is 17.7 Å². The molecule has 0 bridgehead atoms. The molecule has 0 aromatic heterocycles. The van der Waals surface area contributed by atoms with Crippen molar-refractivity contribution in [2.24, 2.45) is 5.73 Å². The standard InChI is InChI=1S/C15H23ClN2O/c1-18(14-7-5-13(17)6-8-14)9-10-19-15-4-2-3-12(16)11-15/h2-4,11,13-14H,5-10,17H2,1H3. The first-order chi connectivity index (χ1) is 9.15. The Balaban J connectivity index is 1.70. The van der Waals surface area contributed by atoms with Crippen LogP contribution in [0.15, 0.2) is 24.3 Å². The van der Waals surface area contributed by atoms with Crippen LogP contribution in [0.2, 0.25) is 5.02 Å². The third-order valence-corrected chi connectivity index (χ3v) is 4.11. The SMILES string of the molecule is CN(CCOc1cccc(Cl)c1)C1CCC(N)CC1. The Bertz CT molecular complexity index is 391. The molecule has 1 aliphatic carbocycles. The molecule has 3 nitrogen and oxygen atoms in total. The second-order valence-electron chi connectivity index (χ2n) is 5.36. The lowest BCUT2D eigenvalue weighted by Gasteiger charge is -2.33. The maximum Gasteiger partial charge on any atom is 0.120 e. The van der Waals surface area contributed by atoms with Gasteiger partial charge in [0.25, 0.3) is 0 Å². The maximum atomic E-state index is 5.93. The van der Waals surface area contributed by atoms with E-state index in [9.17, 15) is 0 Å². The van der Waals surface area contributed by atoms with Gasteiger partial charge < -0.3 is 15.4 Å². The molecule has 0 saturated heterocycles. The van der Waals surface area contributed by atoms with E-state index >= 15 is 0 Å². The Morgan fingerprint density at radius 2 is 2.05 bits per heavy atom. The van der Waals surface area contributed by atoms with E-state index in [2.05, 4.69) is 11.9 Å². The van der Waals surface area contributed by atoms with E-state index in [1.807, 2.05) is 24.3 Å². The van der Waals surface area contributed by atoms with Gasteiger partial charge in [0, 0.05) is 23.7 Å². The number of rotatable bonds is 5. The number of ether oxygens (including phenoxy) is 1. The maximum absolute atomic E-state index is 5.93. The summed E-state index contributed by atoms with van der Waals surface area (Å²) in [6.45, 7) is 1.63. The first-order valence-electron chi connectivity index (χ1n) is 6.99. The summed E-state index contributed by atoms with van der Waals surface area (Å²) in [4.78, 5) is 2.39. The van der Waals surface area contributed by atoms with Crippen LogP contribution < -0.4 is 10.5 Å². The number of likely N-dealkylation sites (N-methyl/N-ethyl adjacent to an activating group) is 1. The molecule has 1 aromatic rings. The summed E-state index contributed by atoms with van der Waals surface area (Å²) >= 11 is 5.92. The molecule has 1 saturated carbocycles. The van der Waals surface area contributed by atoms with Gasteiger partial charge in [0.2, 0.25) is 0 Å². The van der Waals surface area contributed by atoms with E-state index in [0.29, 0.717) is 23.7 Å². The molecular weight excluding hydrogens is 260 g/mol. The van der Waals surface area contributed by atoms with Crippen LogP contribution in [-0.2, 0) is 0 Å². The summed E-state index contributed by atoms with van der Waals surface area (Å²) in [6.07, 6.45) is 4.69. The molecule has 0 atom stereocenters. The molecule has 2 rings (SSSR count). The summed E-state index contributed by atoms with van der Waals surface area (Å²) in [5.74, 6) is 0.839. The molecule has 0 spiro atoms. The fourth-order valence-electron chi connectivity index (χ4n) is 2.59. The van der Waals surface area contributed by atoms with Crippen LogP contribution in [0, 0.1) is 0 Å². The minimum atomic E-state index is 0.410. The van der Waals surface area contributed by atoms with Crippen LogP contribution in [0.5, 0.6) is 5.75 Å². The largest absolute Gasteiger partial charge is 0.492 e. The lowest BCUT2D eigenvalue weighted by molar-refractivity contribution is 0.154. The Labute approximate surface area is 120 Å². The fourth-order valence-corrected chi connectivity index (χ4v) is 2.77. The highest BCUT2D eigenvalue weighted by Gasteiger charge is 2.21. The number of hydrogen-bond acceptors (Lipinski definition) is 3. The lowest BCUT2D eigenvalue weighted by atomic mass is 9.91. The number of halogens is 1. The topological polar surface area (TPSA) is 38.5 Å². The van der Waals surface area contributed by atoms with E-state index in [1.54, 1.807) is 0 Å². The average molecular weight is 283 g/mol. The summed E-state index contributed by atoms with van der Waals surface area (Å²) in [5, 5.41) is 0.715. The number of hydrogen-bond donors (Lipinski definition) is 1. The third-order valence-electron chi connectivity index (χ3n) is 3.87. The lowest BCUT2D eigenvalue weighted by Crippen LogP contribution is -2.40. The molecule has 0 radical (unpaired) electrons. The summed E-state index contributed by atoms with van der Waals surface area (Å²) in [7, 11) is 2.17. The van der Waals surface area contributed by atoms with E-state index in [0.717, 1.165) is 25.1 Å². The summed E-state index contributed by atoms with van der Waals surface area (Å²) in [5.41, 5.74) is 5.93. The van der Waals surface area contributed by atoms with Gasteiger partial charge in [0.1, 0.15) is 12.4 Å². The van der Waals surface area contributed by atoms with Crippen molar-refractivity contribution in [3.63, 3.8) is 0 Å². The Morgan fingerprint density at radius 3 is 2.74 bits per heavy atom. The van der Waals surface area contributed by atoms with Crippen molar-refractivity contribution in [2.75, 3.05) is 20.2 Å². The monoisotopic (exact) mass is 282 g/mol. The molecule has 0 amide bonds. The van der Waals surface area contributed by atoms with Gasteiger partial charge in [0.05, 0.1) is 0 Å². The van der Waals surface area contributed by atoms with Crippen molar-refractivity contribution in [3.8, 4) is 5.75 Å². The second kappa shape index (κ2) is 7.13. The van der Waals surface area contributed by atoms with Crippen molar-refractivity contribution < 1.29 is 4.74 Å². The van der Waals surface area contributed by atoms with Gasteiger partial charge >= 0.3 is 0 Å². The third kappa shape index (κ3) is 4.68. The van der Waals surface area contributed by atoms with Gasteiger partial charge in [0.15, 0.2) is 0 Å². The van der Waals surface area contributed by atoms with Gasteiger partial charge in [-0.2, -0.15) is 0 Å². The Morgan fingerprint density at radius 1 is 1.32 bits per heavy atom. The van der Waals surface area contributed by atoms with E-state index in [4.69, 9.17) is 22.1 Å². The highest BCUT2D eigenvalue weighted by Crippen LogP contribution is 2.21. The number of nitrogens with zero attached hydrogens (tertiary/aromatic N) is 1. The van der Waals surface area contributed by atoms with Crippen LogP contribution >= 0.6 is 11.6 Å². The molecule has 1 fully saturated rings. The van der Waals surface area contributed by atoms with Gasteiger partial charge in [-0.25, -0.2) is 0 Å². The number of benzene rings is 1. The van der Waals surface area contributed by atoms with Crippen LogP contribution in [0.1, 0.15) is 25.7 Å². The van der Waals surface area contributed by atoms with E-state index in [-0.39, 0.29) is 0 Å². The van der Waals surface area contributed by atoms with Crippen molar-refractivity contribution in [2.45, 2.75) is 37.8 Å². The van der Waals surface area contributed by atoms with Crippen LogP contribution in [0.3, 0.4) is 0 Å². The zero-order chi connectivity index (χ0) is 13.7. The normalized spacial score (nSPS) is 23.6. The smallest absolute Gasteiger partial charge is 0.120 e. The molecule has 0 unspecified atom stereocenters. The fraction of sp³-hybridized carbons (Fsp3) is 0.600. The van der Waals surface area contributed by atoms with Crippen LogP contribution in [0.4, 0.5) is 0 Å². The Hall–Kier alpha value is -0.770. The minimum Gasteiger partial charge on any atom is -0.492 e. The molecule has 19 heavy (non-hydrogen) atoms. The molecule has 1 aliphatic rings. The molecule has 0 aliphatic heterocycles. The van der Waals surface area contributed by atoms with Crippen LogP contribution in [-0.4, -0.2) is 37.2 Å². The average Bonchev–Trinajstić information content (AvgIpc) is 2.39. The molecule has 4 heteroatoms. The predicted octanol–water partition coefficient (Wildman–Crippen LogP) is 2.92. The molecule has 1 aromatic carbocycles. The molecular formula is C15H23ClN2O. The quantitative estimate of drug-likeness (QED) is 0.902. The van der Waals surface area contributed by atoms with Crippen molar-refractivity contribution >= 4 is 11.6 Å². The van der Waals surface area contributed by atoms with Crippen molar-refractivity contribution in [1.82, 2.24) is 4.90 Å². The van der Waals surface area contributed by atoms with Crippen molar-refractivity contribution in [3.05, 3.63) is 29.3 Å². The van der Waals surface area contributed by atoms with Crippen LogP contribution in [0.25, 0.3) is 0 Å². The summed E-state index contributed by atoms with van der Waals surface area (Å²) in [6, 6.07) is 8.61. The molecule has 106 valence electrons. The van der Waals surface area contributed by atoms with Gasteiger partial charge in [-0.3, -0.25) is 0 Å². The zero-order valence-electron chi connectivity index (χ0n) is 11.5. The van der Waals surface area contributed by atoms with E-state index < -0.39 is 0 Å². The second-order valence-corrected chi connectivity index (χ2v) is 5.79. The number of nitrogens with two attached hydrogens (primary N) is 1. The Kier molecular flexibility index (Phi) is 5.49. The highest BCUT2D eigenvalue weighted by molar-refractivity contribution is 6.30. The minimum absolute atomic E-state index is 0.410. The first kappa shape index (κ1) is 14.6. The first-order valence-corrected chi connectivity index (χ1v) is 7.37. The van der Waals surface area contributed by atoms with E-state index in [1.165, 1.54) is 12.8 Å².